The molecule has 0 bridgehead atoms. The van der Waals surface area contributed by atoms with E-state index >= 15 is 0 Å². The second kappa shape index (κ2) is 6.71. The summed E-state index contributed by atoms with van der Waals surface area (Å²) in [5.74, 6) is 0.757. The third-order valence-corrected chi connectivity index (χ3v) is 4.92. The number of nitrogens with one attached hydrogen (secondary N) is 1. The van der Waals surface area contributed by atoms with E-state index in [2.05, 4.69) is 10.5 Å². The highest BCUT2D eigenvalue weighted by atomic mass is 16.5. The maximum Gasteiger partial charge on any atom is 0.322 e. The van der Waals surface area contributed by atoms with Crippen LogP contribution in [0.5, 0.6) is 0 Å². The smallest absolute Gasteiger partial charge is 0.322 e. The van der Waals surface area contributed by atoms with E-state index in [4.69, 9.17) is 4.52 Å². The molecule has 1 aliphatic heterocycles. The largest absolute Gasteiger partial charge is 0.359 e. The van der Waals surface area contributed by atoms with Crippen molar-refractivity contribution in [2.24, 2.45) is 0 Å². The standard InChI is InChI=1S/C20H22N4O2/c1-14-13-19(26-22-14)18-9-6-12-24(18)20(25)21-16-7-5-8-17(15(16)2)23-10-3-4-11-23/h3-5,7-8,10-11,13,18H,6,9,12H2,1-2H3,(H,21,25)/t18-/m0/s1. The summed E-state index contributed by atoms with van der Waals surface area (Å²) in [5.41, 5.74) is 3.74. The fourth-order valence-electron chi connectivity index (χ4n) is 3.57. The molecule has 1 aromatic carbocycles. The van der Waals surface area contributed by atoms with Gasteiger partial charge in [-0.15, -0.1) is 0 Å². The molecule has 4 rings (SSSR count). The van der Waals surface area contributed by atoms with Gasteiger partial charge in [0.25, 0.3) is 0 Å². The zero-order chi connectivity index (χ0) is 18.1. The Labute approximate surface area is 152 Å². The molecule has 134 valence electrons. The lowest BCUT2D eigenvalue weighted by molar-refractivity contribution is 0.195. The molecule has 1 fully saturated rings. The Kier molecular flexibility index (Phi) is 4.24. The van der Waals surface area contributed by atoms with E-state index in [1.807, 2.05) is 72.1 Å². The third-order valence-electron chi connectivity index (χ3n) is 4.92. The summed E-state index contributed by atoms with van der Waals surface area (Å²) in [6.45, 7) is 4.63. The van der Waals surface area contributed by atoms with Crippen LogP contribution in [0, 0.1) is 13.8 Å². The van der Waals surface area contributed by atoms with Gasteiger partial charge in [0.15, 0.2) is 5.76 Å². The van der Waals surface area contributed by atoms with Crippen molar-refractivity contribution in [2.75, 3.05) is 11.9 Å². The summed E-state index contributed by atoms with van der Waals surface area (Å²) >= 11 is 0. The predicted octanol–water partition coefficient (Wildman–Crippen LogP) is 4.45. The lowest BCUT2D eigenvalue weighted by Gasteiger charge is -2.24. The Hall–Kier alpha value is -3.02. The Bertz CT molecular complexity index is 914. The molecule has 3 heterocycles. The summed E-state index contributed by atoms with van der Waals surface area (Å²) in [6.07, 6.45) is 5.85. The minimum absolute atomic E-state index is 0.0517. The van der Waals surface area contributed by atoms with Crippen LogP contribution in [-0.4, -0.2) is 27.2 Å². The van der Waals surface area contributed by atoms with Crippen LogP contribution in [0.1, 0.15) is 35.9 Å². The van der Waals surface area contributed by atoms with E-state index in [0.29, 0.717) is 6.54 Å². The number of carbonyl (C=O) groups is 1. The number of aromatic nitrogens is 2. The average Bonchev–Trinajstić information content (AvgIpc) is 3.37. The first-order chi connectivity index (χ1) is 12.6. The van der Waals surface area contributed by atoms with Gasteiger partial charge >= 0.3 is 6.03 Å². The molecular weight excluding hydrogens is 328 g/mol. The Balaban J connectivity index is 1.56. The third kappa shape index (κ3) is 2.98. The van der Waals surface area contributed by atoms with Crippen molar-refractivity contribution in [3.8, 4) is 5.69 Å². The molecule has 2 aromatic heterocycles. The van der Waals surface area contributed by atoms with Gasteiger partial charge in [0.2, 0.25) is 0 Å². The topological polar surface area (TPSA) is 63.3 Å². The molecule has 1 saturated heterocycles. The summed E-state index contributed by atoms with van der Waals surface area (Å²) in [5, 5.41) is 7.03. The van der Waals surface area contributed by atoms with Crippen molar-refractivity contribution in [1.29, 1.82) is 0 Å². The molecule has 6 heteroatoms. The maximum absolute atomic E-state index is 12.9. The first-order valence-electron chi connectivity index (χ1n) is 8.87. The van der Waals surface area contributed by atoms with Crippen molar-refractivity contribution in [1.82, 2.24) is 14.6 Å². The number of hydrogen-bond donors (Lipinski definition) is 1. The van der Waals surface area contributed by atoms with Gasteiger partial charge in [0, 0.05) is 36.4 Å². The quantitative estimate of drug-likeness (QED) is 0.759. The summed E-state index contributed by atoms with van der Waals surface area (Å²) in [7, 11) is 0. The molecular formula is C20H22N4O2. The lowest BCUT2D eigenvalue weighted by Crippen LogP contribution is -2.34. The van der Waals surface area contributed by atoms with Gasteiger partial charge < -0.3 is 19.3 Å². The van der Waals surface area contributed by atoms with Crippen molar-refractivity contribution >= 4 is 11.7 Å². The highest BCUT2D eigenvalue weighted by Crippen LogP contribution is 2.33. The fraction of sp³-hybridized carbons (Fsp3) is 0.300. The van der Waals surface area contributed by atoms with Crippen LogP contribution in [0.15, 0.2) is 53.3 Å². The van der Waals surface area contributed by atoms with Crippen molar-refractivity contribution < 1.29 is 9.32 Å². The van der Waals surface area contributed by atoms with E-state index in [9.17, 15) is 4.79 Å². The second-order valence-corrected chi connectivity index (χ2v) is 6.69. The van der Waals surface area contributed by atoms with Crippen LogP contribution in [0.2, 0.25) is 0 Å². The highest BCUT2D eigenvalue weighted by molar-refractivity contribution is 5.91. The molecule has 0 unspecified atom stereocenters. The number of carbonyl (C=O) groups excluding carboxylic acids is 1. The minimum atomic E-state index is -0.102. The van der Waals surface area contributed by atoms with Gasteiger partial charge in [-0.05, 0) is 56.5 Å². The molecule has 0 saturated carbocycles. The zero-order valence-corrected chi connectivity index (χ0v) is 15.0. The van der Waals surface area contributed by atoms with Crippen molar-refractivity contribution in [3.05, 3.63) is 65.8 Å². The van der Waals surface area contributed by atoms with E-state index in [-0.39, 0.29) is 12.1 Å². The average molecular weight is 350 g/mol. The van der Waals surface area contributed by atoms with Crippen LogP contribution in [0.3, 0.4) is 0 Å². The molecule has 0 aliphatic carbocycles. The highest BCUT2D eigenvalue weighted by Gasteiger charge is 2.32. The van der Waals surface area contributed by atoms with Crippen molar-refractivity contribution in [2.45, 2.75) is 32.7 Å². The number of rotatable bonds is 3. The molecule has 2 amide bonds. The molecule has 26 heavy (non-hydrogen) atoms. The fourth-order valence-corrected chi connectivity index (χ4v) is 3.57. The predicted molar refractivity (Wildman–Crippen MR) is 99.4 cm³/mol. The summed E-state index contributed by atoms with van der Waals surface area (Å²) in [4.78, 5) is 14.7. The summed E-state index contributed by atoms with van der Waals surface area (Å²) < 4.78 is 7.44. The molecule has 1 aliphatic rings. The van der Waals surface area contributed by atoms with Crippen LogP contribution in [-0.2, 0) is 0 Å². The van der Waals surface area contributed by atoms with Crippen LogP contribution >= 0.6 is 0 Å². The van der Waals surface area contributed by atoms with Crippen molar-refractivity contribution in [3.63, 3.8) is 0 Å². The Morgan fingerprint density at radius 1 is 1.23 bits per heavy atom. The molecule has 0 spiro atoms. The lowest BCUT2D eigenvalue weighted by atomic mass is 10.1. The molecule has 1 atom stereocenters. The number of aryl methyl sites for hydroxylation is 1. The SMILES string of the molecule is Cc1cc([C@@H]2CCCN2C(=O)Nc2cccc(-n3cccc3)c2C)on1. The molecule has 1 N–H and O–H groups in total. The first-order valence-corrected chi connectivity index (χ1v) is 8.87. The Morgan fingerprint density at radius 3 is 2.77 bits per heavy atom. The van der Waals surface area contributed by atoms with Gasteiger partial charge in [-0.2, -0.15) is 0 Å². The van der Waals surface area contributed by atoms with Crippen LogP contribution < -0.4 is 5.32 Å². The van der Waals surface area contributed by atoms with E-state index in [1.165, 1.54) is 0 Å². The zero-order valence-electron chi connectivity index (χ0n) is 15.0. The van der Waals surface area contributed by atoms with E-state index < -0.39 is 0 Å². The number of benzene rings is 1. The van der Waals surface area contributed by atoms with Gasteiger partial charge in [-0.1, -0.05) is 11.2 Å². The van der Waals surface area contributed by atoms with Crippen LogP contribution in [0.25, 0.3) is 5.69 Å². The van der Waals surface area contributed by atoms with Gasteiger partial charge in [0.1, 0.15) is 0 Å². The molecule has 6 nitrogen and oxygen atoms in total. The summed E-state index contributed by atoms with van der Waals surface area (Å²) in [6, 6.07) is 11.7. The number of nitrogens with zero attached hydrogens (tertiary/aromatic N) is 3. The minimum Gasteiger partial charge on any atom is -0.359 e. The molecule has 3 aromatic rings. The van der Waals surface area contributed by atoms with Gasteiger partial charge in [-0.25, -0.2) is 4.79 Å². The number of urea groups is 1. The van der Waals surface area contributed by atoms with E-state index in [1.54, 1.807) is 0 Å². The normalized spacial score (nSPS) is 16.8. The maximum atomic E-state index is 12.9. The number of hydrogen-bond acceptors (Lipinski definition) is 3. The van der Waals surface area contributed by atoms with Gasteiger partial charge in [-0.3, -0.25) is 0 Å². The number of amides is 2. The Morgan fingerprint density at radius 2 is 2.04 bits per heavy atom. The number of anilines is 1. The van der Waals surface area contributed by atoms with E-state index in [0.717, 1.165) is 41.2 Å². The molecule has 0 radical (unpaired) electrons. The number of likely N-dealkylation sites (tertiary alicyclic amines) is 1. The van der Waals surface area contributed by atoms with Gasteiger partial charge in [0.05, 0.1) is 11.7 Å². The second-order valence-electron chi connectivity index (χ2n) is 6.69. The first kappa shape index (κ1) is 16.4. The monoisotopic (exact) mass is 350 g/mol. The van der Waals surface area contributed by atoms with Crippen LogP contribution in [0.4, 0.5) is 10.5 Å².